The summed E-state index contributed by atoms with van der Waals surface area (Å²) >= 11 is 0. The molecule has 29 heavy (non-hydrogen) atoms. The Morgan fingerprint density at radius 2 is 1.86 bits per heavy atom. The second-order valence-corrected chi connectivity index (χ2v) is 8.97. The summed E-state index contributed by atoms with van der Waals surface area (Å²) in [6.45, 7) is 6.70. The molecular formula is C20H28N4O4S. The van der Waals surface area contributed by atoms with Crippen molar-refractivity contribution >= 4 is 21.6 Å². The monoisotopic (exact) mass is 420 g/mol. The van der Waals surface area contributed by atoms with Crippen LogP contribution in [0.1, 0.15) is 37.6 Å². The van der Waals surface area contributed by atoms with Crippen molar-refractivity contribution in [1.29, 1.82) is 0 Å². The molecule has 0 bridgehead atoms. The van der Waals surface area contributed by atoms with Crippen LogP contribution >= 0.6 is 0 Å². The minimum Gasteiger partial charge on any atom is -0.492 e. The fourth-order valence-electron chi connectivity index (χ4n) is 3.62. The van der Waals surface area contributed by atoms with Crippen LogP contribution in [-0.2, 0) is 21.4 Å². The van der Waals surface area contributed by atoms with E-state index in [0.717, 1.165) is 19.3 Å². The number of hydrogen-bond acceptors (Lipinski definition) is 5. The molecule has 1 aromatic carbocycles. The van der Waals surface area contributed by atoms with Crippen molar-refractivity contribution < 1.29 is 17.9 Å². The third kappa shape index (κ3) is 4.62. The van der Waals surface area contributed by atoms with Crippen LogP contribution in [-0.4, -0.2) is 48.1 Å². The highest BCUT2D eigenvalue weighted by Crippen LogP contribution is 2.27. The first-order chi connectivity index (χ1) is 13.8. The number of rotatable bonds is 7. The smallest absolute Gasteiger partial charge is 0.246 e. The molecule has 0 spiro atoms. The van der Waals surface area contributed by atoms with Gasteiger partial charge in [-0.1, -0.05) is 18.6 Å². The zero-order chi connectivity index (χ0) is 21.0. The van der Waals surface area contributed by atoms with Crippen molar-refractivity contribution in [2.75, 3.05) is 25.0 Å². The minimum atomic E-state index is -3.61. The zero-order valence-corrected chi connectivity index (χ0v) is 18.0. The predicted octanol–water partition coefficient (Wildman–Crippen LogP) is 2.71. The van der Waals surface area contributed by atoms with Crippen molar-refractivity contribution in [3.05, 3.63) is 35.7 Å². The average Bonchev–Trinajstić information content (AvgIpc) is 2.98. The number of ether oxygens (including phenoxy) is 1. The third-order valence-corrected chi connectivity index (χ3v) is 7.13. The maximum absolute atomic E-state index is 13.1. The van der Waals surface area contributed by atoms with E-state index >= 15 is 0 Å². The van der Waals surface area contributed by atoms with Crippen LogP contribution in [0.4, 0.5) is 5.69 Å². The molecule has 1 aliphatic rings. The first kappa shape index (κ1) is 21.3. The number of amides is 1. The number of sulfonamides is 1. The lowest BCUT2D eigenvalue weighted by Crippen LogP contribution is -2.36. The van der Waals surface area contributed by atoms with Crippen LogP contribution in [0.15, 0.2) is 29.2 Å². The molecule has 158 valence electrons. The van der Waals surface area contributed by atoms with Gasteiger partial charge in [0, 0.05) is 13.1 Å². The Morgan fingerprint density at radius 1 is 1.17 bits per heavy atom. The van der Waals surface area contributed by atoms with E-state index in [1.165, 1.54) is 8.99 Å². The zero-order valence-electron chi connectivity index (χ0n) is 17.1. The summed E-state index contributed by atoms with van der Waals surface area (Å²) < 4.78 is 34.7. The molecule has 1 aromatic heterocycles. The molecule has 1 aliphatic heterocycles. The van der Waals surface area contributed by atoms with Gasteiger partial charge in [-0.2, -0.15) is 9.40 Å². The fourth-order valence-corrected chi connectivity index (χ4v) is 5.51. The van der Waals surface area contributed by atoms with Gasteiger partial charge in [0.1, 0.15) is 17.2 Å². The molecule has 0 unspecified atom stereocenters. The Hall–Kier alpha value is -2.39. The number of nitrogens with zero attached hydrogens (tertiary/aromatic N) is 3. The van der Waals surface area contributed by atoms with Crippen molar-refractivity contribution in [1.82, 2.24) is 14.1 Å². The number of benzene rings is 1. The first-order valence-electron chi connectivity index (χ1n) is 9.90. The van der Waals surface area contributed by atoms with E-state index in [1.807, 2.05) is 19.1 Å². The SMILES string of the molecule is CCOc1ccccc1NC(=O)Cn1nc(C)c(S(=O)(=O)N2CCCCC2)c1C. The van der Waals surface area contributed by atoms with Gasteiger partial charge < -0.3 is 10.1 Å². The second-order valence-electron chi connectivity index (χ2n) is 7.10. The summed E-state index contributed by atoms with van der Waals surface area (Å²) in [6, 6.07) is 7.19. The second kappa shape index (κ2) is 8.96. The van der Waals surface area contributed by atoms with Crippen LogP contribution in [0.3, 0.4) is 0 Å². The van der Waals surface area contributed by atoms with Crippen LogP contribution in [0, 0.1) is 13.8 Å². The summed E-state index contributed by atoms with van der Waals surface area (Å²) in [4.78, 5) is 12.8. The summed E-state index contributed by atoms with van der Waals surface area (Å²) in [5.41, 5.74) is 1.46. The summed E-state index contributed by atoms with van der Waals surface area (Å²) in [5, 5.41) is 7.15. The van der Waals surface area contributed by atoms with Gasteiger partial charge >= 0.3 is 0 Å². The normalized spacial score (nSPS) is 15.3. The lowest BCUT2D eigenvalue weighted by Gasteiger charge is -2.25. The van der Waals surface area contributed by atoms with E-state index in [0.29, 0.717) is 42.5 Å². The van der Waals surface area contributed by atoms with Crippen molar-refractivity contribution in [3.8, 4) is 5.75 Å². The molecule has 1 saturated heterocycles. The minimum absolute atomic E-state index is 0.0807. The highest BCUT2D eigenvalue weighted by molar-refractivity contribution is 7.89. The summed E-state index contributed by atoms with van der Waals surface area (Å²) in [5.74, 6) is 0.287. The molecule has 0 saturated carbocycles. The maximum atomic E-state index is 13.1. The van der Waals surface area contributed by atoms with Crippen LogP contribution < -0.4 is 10.1 Å². The van der Waals surface area contributed by atoms with Gasteiger partial charge in [0.2, 0.25) is 15.9 Å². The van der Waals surface area contributed by atoms with E-state index in [9.17, 15) is 13.2 Å². The van der Waals surface area contributed by atoms with Crippen LogP contribution in [0.5, 0.6) is 5.75 Å². The number of aromatic nitrogens is 2. The van der Waals surface area contributed by atoms with Gasteiger partial charge in [-0.15, -0.1) is 0 Å². The number of hydrogen-bond donors (Lipinski definition) is 1. The third-order valence-electron chi connectivity index (χ3n) is 4.98. The van der Waals surface area contributed by atoms with Gasteiger partial charge in [-0.3, -0.25) is 9.48 Å². The van der Waals surface area contributed by atoms with Gasteiger partial charge in [0.05, 0.1) is 23.7 Å². The van der Waals surface area contributed by atoms with Crippen molar-refractivity contribution in [2.45, 2.75) is 51.5 Å². The quantitative estimate of drug-likeness (QED) is 0.743. The van der Waals surface area contributed by atoms with Gasteiger partial charge in [0.25, 0.3) is 0 Å². The Kier molecular flexibility index (Phi) is 6.59. The van der Waals surface area contributed by atoms with Crippen molar-refractivity contribution in [3.63, 3.8) is 0 Å². The molecule has 1 fully saturated rings. The highest BCUT2D eigenvalue weighted by atomic mass is 32.2. The average molecular weight is 421 g/mol. The number of para-hydroxylation sites is 2. The molecule has 0 aliphatic carbocycles. The van der Waals surface area contributed by atoms with Crippen LogP contribution in [0.25, 0.3) is 0 Å². The predicted molar refractivity (Wildman–Crippen MR) is 111 cm³/mol. The number of aryl methyl sites for hydroxylation is 1. The van der Waals surface area contributed by atoms with Crippen LogP contribution in [0.2, 0.25) is 0 Å². The first-order valence-corrected chi connectivity index (χ1v) is 11.3. The van der Waals surface area contributed by atoms with E-state index in [-0.39, 0.29) is 17.3 Å². The number of nitrogens with one attached hydrogen (secondary N) is 1. The van der Waals surface area contributed by atoms with E-state index < -0.39 is 10.0 Å². The Labute approximate surface area is 171 Å². The Morgan fingerprint density at radius 3 is 2.55 bits per heavy atom. The Balaban J connectivity index is 1.79. The van der Waals surface area contributed by atoms with E-state index in [1.54, 1.807) is 26.0 Å². The van der Waals surface area contributed by atoms with Gasteiger partial charge in [0.15, 0.2) is 0 Å². The maximum Gasteiger partial charge on any atom is 0.246 e. The summed E-state index contributed by atoms with van der Waals surface area (Å²) in [6.07, 6.45) is 2.78. The van der Waals surface area contributed by atoms with E-state index in [4.69, 9.17) is 4.74 Å². The molecule has 1 N–H and O–H groups in total. The molecule has 2 heterocycles. The fraction of sp³-hybridized carbons (Fsp3) is 0.500. The summed E-state index contributed by atoms with van der Waals surface area (Å²) in [7, 11) is -3.61. The lowest BCUT2D eigenvalue weighted by atomic mass is 10.2. The molecule has 1 amide bonds. The molecule has 2 aromatic rings. The Bertz CT molecular complexity index is 978. The number of carbonyl (C=O) groups excluding carboxylic acids is 1. The molecule has 8 nitrogen and oxygen atoms in total. The molecule has 0 atom stereocenters. The molecule has 0 radical (unpaired) electrons. The largest absolute Gasteiger partial charge is 0.492 e. The van der Waals surface area contributed by atoms with E-state index in [2.05, 4.69) is 10.4 Å². The molecule has 9 heteroatoms. The van der Waals surface area contributed by atoms with Gasteiger partial charge in [-0.25, -0.2) is 8.42 Å². The van der Waals surface area contributed by atoms with Crippen molar-refractivity contribution in [2.24, 2.45) is 0 Å². The molecule has 3 rings (SSSR count). The standard InChI is InChI=1S/C20H28N4O4S/c1-4-28-18-11-7-6-10-17(18)21-19(25)14-24-16(3)20(15(2)22-24)29(26,27)23-12-8-5-9-13-23/h6-7,10-11H,4-5,8-9,12-14H2,1-3H3,(H,21,25). The van der Waals surface area contributed by atoms with Gasteiger partial charge in [-0.05, 0) is 45.7 Å². The lowest BCUT2D eigenvalue weighted by molar-refractivity contribution is -0.117. The number of carbonyl (C=O) groups is 1. The molecular weight excluding hydrogens is 392 g/mol. The topological polar surface area (TPSA) is 93.5 Å². The number of piperidine rings is 1. The highest BCUT2D eigenvalue weighted by Gasteiger charge is 2.32. The number of anilines is 1.